The Hall–Kier alpha value is -1.38. The third kappa shape index (κ3) is 6.33. The van der Waals surface area contributed by atoms with Gasteiger partial charge in [-0.1, -0.05) is 42.5 Å². The van der Waals surface area contributed by atoms with Crippen LogP contribution in [0.3, 0.4) is 0 Å². The molecule has 0 unspecified atom stereocenters. The minimum Gasteiger partial charge on any atom is -0.313 e. The summed E-state index contributed by atoms with van der Waals surface area (Å²) in [6.07, 6.45) is 19.0. The SMILES string of the molecule is C=CCC/C=C/CCC1CCC(c2ccc(C3CC(C)(C)N(O)C(C)(C)C3)cc2)CC1. The summed E-state index contributed by atoms with van der Waals surface area (Å²) >= 11 is 0. The van der Waals surface area contributed by atoms with Crippen molar-refractivity contribution >= 4 is 0 Å². The second kappa shape index (κ2) is 10.5. The lowest BCUT2D eigenvalue weighted by molar-refractivity contribution is -0.245. The molecule has 2 aliphatic rings. The monoisotopic (exact) mass is 423 g/mol. The Labute approximate surface area is 191 Å². The maximum atomic E-state index is 10.6. The van der Waals surface area contributed by atoms with Gasteiger partial charge in [-0.15, -0.1) is 6.58 Å². The van der Waals surface area contributed by atoms with Crippen molar-refractivity contribution in [2.24, 2.45) is 5.92 Å². The van der Waals surface area contributed by atoms with Gasteiger partial charge in [-0.05, 0) is 121 Å². The number of hydroxylamine groups is 2. The van der Waals surface area contributed by atoms with Gasteiger partial charge < -0.3 is 5.21 Å². The zero-order chi connectivity index (χ0) is 22.5. The number of allylic oxidation sites excluding steroid dienone is 3. The van der Waals surface area contributed by atoms with Crippen LogP contribution in [0.15, 0.2) is 49.1 Å². The lowest BCUT2D eigenvalue weighted by atomic mass is 9.72. The standard InChI is InChI=1S/C29H45NO/c1-6-7-8-9-10-11-12-23-13-15-24(16-14-23)25-17-19-26(20-18-25)27-21-28(2,3)30(31)29(4,5)22-27/h6,9-10,17-20,23-24,27,31H,1,7-8,11-16,21-22H2,2-5H3/b10-9+. The lowest BCUT2D eigenvalue weighted by Crippen LogP contribution is -2.58. The van der Waals surface area contributed by atoms with E-state index in [1.165, 1.54) is 49.7 Å². The molecular formula is C29H45NO. The topological polar surface area (TPSA) is 23.5 Å². The second-order valence-electron chi connectivity index (χ2n) is 11.3. The Morgan fingerprint density at radius 2 is 1.35 bits per heavy atom. The van der Waals surface area contributed by atoms with E-state index in [4.69, 9.17) is 0 Å². The molecule has 172 valence electrons. The van der Waals surface area contributed by atoms with Gasteiger partial charge in [0, 0.05) is 11.1 Å². The van der Waals surface area contributed by atoms with E-state index in [0.29, 0.717) is 5.92 Å². The van der Waals surface area contributed by atoms with E-state index in [1.54, 1.807) is 5.06 Å². The van der Waals surface area contributed by atoms with Crippen molar-refractivity contribution in [1.82, 2.24) is 5.06 Å². The largest absolute Gasteiger partial charge is 0.313 e. The van der Waals surface area contributed by atoms with Gasteiger partial charge in [-0.3, -0.25) is 0 Å². The van der Waals surface area contributed by atoms with Gasteiger partial charge in [0.2, 0.25) is 0 Å². The van der Waals surface area contributed by atoms with Gasteiger partial charge in [0.15, 0.2) is 0 Å². The first-order chi connectivity index (χ1) is 14.7. The quantitative estimate of drug-likeness (QED) is 0.335. The average molecular weight is 424 g/mol. The fraction of sp³-hybridized carbons (Fsp3) is 0.655. The number of hydrogen-bond acceptors (Lipinski definition) is 2. The normalized spacial score (nSPS) is 26.9. The first-order valence-electron chi connectivity index (χ1n) is 12.6. The molecule has 0 bridgehead atoms. The molecule has 0 aromatic heterocycles. The van der Waals surface area contributed by atoms with Crippen molar-refractivity contribution < 1.29 is 5.21 Å². The smallest absolute Gasteiger partial charge is 0.0416 e. The van der Waals surface area contributed by atoms with Crippen LogP contribution in [0.4, 0.5) is 0 Å². The predicted octanol–water partition coefficient (Wildman–Crippen LogP) is 8.39. The van der Waals surface area contributed by atoms with E-state index in [9.17, 15) is 5.21 Å². The Balaban J connectivity index is 1.50. The molecule has 1 saturated heterocycles. The molecule has 0 radical (unpaired) electrons. The third-order valence-corrected chi connectivity index (χ3v) is 7.81. The summed E-state index contributed by atoms with van der Waals surface area (Å²) < 4.78 is 0. The Kier molecular flexibility index (Phi) is 8.21. The molecule has 1 heterocycles. The van der Waals surface area contributed by atoms with Crippen LogP contribution in [0.5, 0.6) is 0 Å². The van der Waals surface area contributed by atoms with E-state index in [2.05, 4.69) is 70.7 Å². The van der Waals surface area contributed by atoms with Crippen molar-refractivity contribution in [3.05, 3.63) is 60.2 Å². The molecule has 1 saturated carbocycles. The zero-order valence-electron chi connectivity index (χ0n) is 20.4. The van der Waals surface area contributed by atoms with E-state index in [1.807, 2.05) is 6.08 Å². The first kappa shape index (κ1) is 24.3. The van der Waals surface area contributed by atoms with Crippen LogP contribution < -0.4 is 0 Å². The summed E-state index contributed by atoms with van der Waals surface area (Å²) in [6.45, 7) is 12.4. The number of benzene rings is 1. The summed E-state index contributed by atoms with van der Waals surface area (Å²) in [6, 6.07) is 9.54. The van der Waals surface area contributed by atoms with Crippen molar-refractivity contribution in [3.63, 3.8) is 0 Å². The molecule has 1 aromatic carbocycles. The highest BCUT2D eigenvalue weighted by Crippen LogP contribution is 2.45. The summed E-state index contributed by atoms with van der Waals surface area (Å²) in [7, 11) is 0. The highest BCUT2D eigenvalue weighted by atomic mass is 16.5. The van der Waals surface area contributed by atoms with Gasteiger partial charge in [-0.25, -0.2) is 0 Å². The summed E-state index contributed by atoms with van der Waals surface area (Å²) in [5.41, 5.74) is 2.59. The highest BCUT2D eigenvalue weighted by Gasteiger charge is 2.45. The number of hydrogen-bond donors (Lipinski definition) is 1. The van der Waals surface area contributed by atoms with E-state index in [0.717, 1.165) is 37.5 Å². The molecule has 2 nitrogen and oxygen atoms in total. The summed E-state index contributed by atoms with van der Waals surface area (Å²) in [4.78, 5) is 0. The molecule has 31 heavy (non-hydrogen) atoms. The van der Waals surface area contributed by atoms with Gasteiger partial charge in [-0.2, -0.15) is 5.06 Å². The minimum atomic E-state index is -0.190. The number of piperidine rings is 1. The zero-order valence-corrected chi connectivity index (χ0v) is 20.4. The Morgan fingerprint density at radius 1 is 0.839 bits per heavy atom. The van der Waals surface area contributed by atoms with Crippen molar-refractivity contribution in [3.8, 4) is 0 Å². The van der Waals surface area contributed by atoms with Gasteiger partial charge >= 0.3 is 0 Å². The van der Waals surface area contributed by atoms with Gasteiger partial charge in [0.05, 0.1) is 0 Å². The van der Waals surface area contributed by atoms with Crippen molar-refractivity contribution in [2.45, 2.75) is 115 Å². The second-order valence-corrected chi connectivity index (χ2v) is 11.3. The number of unbranched alkanes of at least 4 members (excludes halogenated alkanes) is 1. The van der Waals surface area contributed by atoms with Gasteiger partial charge in [0.25, 0.3) is 0 Å². The molecule has 2 fully saturated rings. The van der Waals surface area contributed by atoms with E-state index >= 15 is 0 Å². The maximum Gasteiger partial charge on any atom is 0.0416 e. The van der Waals surface area contributed by atoms with Crippen molar-refractivity contribution in [2.75, 3.05) is 0 Å². The molecule has 3 rings (SSSR count). The number of rotatable bonds is 8. The molecule has 1 N–H and O–H groups in total. The molecule has 1 aromatic rings. The van der Waals surface area contributed by atoms with E-state index in [-0.39, 0.29) is 11.1 Å². The fourth-order valence-corrected chi connectivity index (χ4v) is 6.11. The molecule has 0 amide bonds. The average Bonchev–Trinajstić information content (AvgIpc) is 2.74. The minimum absolute atomic E-state index is 0.190. The molecule has 0 spiro atoms. The van der Waals surface area contributed by atoms with Crippen LogP contribution in [0.1, 0.15) is 115 Å². The van der Waals surface area contributed by atoms with Crippen LogP contribution >= 0.6 is 0 Å². The lowest BCUT2D eigenvalue weighted by Gasteiger charge is -2.51. The van der Waals surface area contributed by atoms with Crippen LogP contribution in [0, 0.1) is 5.92 Å². The third-order valence-electron chi connectivity index (χ3n) is 7.81. The molecule has 2 heteroatoms. The predicted molar refractivity (Wildman–Crippen MR) is 133 cm³/mol. The molecule has 1 aliphatic heterocycles. The highest BCUT2D eigenvalue weighted by molar-refractivity contribution is 5.29. The van der Waals surface area contributed by atoms with Crippen LogP contribution in [0.2, 0.25) is 0 Å². The number of nitrogens with zero attached hydrogens (tertiary/aromatic N) is 1. The first-order valence-corrected chi connectivity index (χ1v) is 12.6. The van der Waals surface area contributed by atoms with Crippen molar-refractivity contribution in [1.29, 1.82) is 0 Å². The molecule has 0 atom stereocenters. The summed E-state index contributed by atoms with van der Waals surface area (Å²) in [5, 5.41) is 12.2. The summed E-state index contributed by atoms with van der Waals surface area (Å²) in [5.74, 6) is 2.16. The Morgan fingerprint density at radius 3 is 1.90 bits per heavy atom. The van der Waals surface area contributed by atoms with Crippen LogP contribution in [-0.4, -0.2) is 21.3 Å². The fourth-order valence-electron chi connectivity index (χ4n) is 6.11. The van der Waals surface area contributed by atoms with Gasteiger partial charge in [0.1, 0.15) is 0 Å². The van der Waals surface area contributed by atoms with E-state index < -0.39 is 0 Å². The van der Waals surface area contributed by atoms with Crippen LogP contribution in [0.25, 0.3) is 0 Å². The molecule has 1 aliphatic carbocycles. The Bertz CT molecular complexity index is 704. The van der Waals surface area contributed by atoms with Crippen LogP contribution in [-0.2, 0) is 0 Å². The maximum absolute atomic E-state index is 10.6. The molecular weight excluding hydrogens is 378 g/mol.